The summed E-state index contributed by atoms with van der Waals surface area (Å²) in [4.78, 5) is 11.5. The molecule has 1 spiro atoms. The molecule has 1 aliphatic heterocycles. The van der Waals surface area contributed by atoms with Gasteiger partial charge in [-0.3, -0.25) is 0 Å². The molecule has 0 N–H and O–H groups in total. The third-order valence-corrected chi connectivity index (χ3v) is 3.51. The highest BCUT2D eigenvalue weighted by Crippen LogP contribution is 2.51. The third-order valence-electron chi connectivity index (χ3n) is 3.51. The van der Waals surface area contributed by atoms with E-state index in [1.54, 1.807) is 0 Å². The normalized spacial score (nSPS) is 41.0. The summed E-state index contributed by atoms with van der Waals surface area (Å²) < 4.78 is 10.6. The van der Waals surface area contributed by atoms with Crippen LogP contribution in [0.25, 0.3) is 0 Å². The van der Waals surface area contributed by atoms with Gasteiger partial charge in [-0.05, 0) is 25.7 Å². The average Bonchev–Trinajstić information content (AvgIpc) is 2.87. The highest BCUT2D eigenvalue weighted by Gasteiger charge is 2.64. The molecule has 80 valence electrons. The summed E-state index contributed by atoms with van der Waals surface area (Å²) in [5.74, 6) is 0.340. The topological polar surface area (TPSA) is 38.8 Å². The van der Waals surface area contributed by atoms with Crippen molar-refractivity contribution in [3.05, 3.63) is 0 Å². The molecule has 0 amide bonds. The molecule has 1 aliphatic carbocycles. The van der Waals surface area contributed by atoms with Gasteiger partial charge < -0.3 is 9.47 Å². The standard InChI is InChI=1S/C11H18O3/c1-3-13-10(12)9-11(14-9)7-5-4-6-8(11)2/h8-9H,3-7H2,1-2H3/t8-,9+,11+/m0/s1. The molecular weight excluding hydrogens is 180 g/mol. The predicted octanol–water partition coefficient (Wildman–Crippen LogP) is 1.90. The molecule has 3 nitrogen and oxygen atoms in total. The van der Waals surface area contributed by atoms with E-state index in [2.05, 4.69) is 6.92 Å². The van der Waals surface area contributed by atoms with Gasteiger partial charge in [0.05, 0.1) is 6.61 Å². The Balaban J connectivity index is 1.97. The van der Waals surface area contributed by atoms with Crippen LogP contribution in [-0.2, 0) is 14.3 Å². The summed E-state index contributed by atoms with van der Waals surface area (Å²) >= 11 is 0. The number of carbonyl (C=O) groups is 1. The number of epoxide rings is 1. The lowest BCUT2D eigenvalue weighted by Crippen LogP contribution is -2.32. The molecule has 0 aromatic heterocycles. The van der Waals surface area contributed by atoms with Crippen molar-refractivity contribution in [3.8, 4) is 0 Å². The first-order valence-electron chi connectivity index (χ1n) is 5.55. The quantitative estimate of drug-likeness (QED) is 0.502. The van der Waals surface area contributed by atoms with Crippen LogP contribution in [0.2, 0.25) is 0 Å². The van der Waals surface area contributed by atoms with Gasteiger partial charge >= 0.3 is 5.97 Å². The van der Waals surface area contributed by atoms with E-state index < -0.39 is 0 Å². The Labute approximate surface area is 84.8 Å². The number of hydrogen-bond acceptors (Lipinski definition) is 3. The molecule has 0 aromatic carbocycles. The number of ether oxygens (including phenoxy) is 2. The zero-order valence-electron chi connectivity index (χ0n) is 8.91. The van der Waals surface area contributed by atoms with Crippen LogP contribution in [0.1, 0.15) is 39.5 Å². The number of rotatable bonds is 2. The lowest BCUT2D eigenvalue weighted by molar-refractivity contribution is -0.144. The molecule has 3 atom stereocenters. The van der Waals surface area contributed by atoms with Gasteiger partial charge in [0.2, 0.25) is 0 Å². The summed E-state index contributed by atoms with van der Waals surface area (Å²) in [6.07, 6.45) is 4.38. The third kappa shape index (κ3) is 1.44. The zero-order valence-corrected chi connectivity index (χ0v) is 8.91. The smallest absolute Gasteiger partial charge is 0.338 e. The Hall–Kier alpha value is -0.570. The Morgan fingerprint density at radius 1 is 1.57 bits per heavy atom. The van der Waals surface area contributed by atoms with Gasteiger partial charge in [-0.2, -0.15) is 0 Å². The fourth-order valence-electron chi connectivity index (χ4n) is 2.56. The van der Waals surface area contributed by atoms with Gasteiger partial charge in [0, 0.05) is 0 Å². The monoisotopic (exact) mass is 198 g/mol. The number of carbonyl (C=O) groups excluding carboxylic acids is 1. The molecule has 3 heteroatoms. The molecule has 14 heavy (non-hydrogen) atoms. The van der Waals surface area contributed by atoms with Crippen molar-refractivity contribution >= 4 is 5.97 Å². The number of esters is 1. The summed E-state index contributed by atoms with van der Waals surface area (Å²) in [7, 11) is 0. The van der Waals surface area contributed by atoms with E-state index >= 15 is 0 Å². The predicted molar refractivity (Wildman–Crippen MR) is 51.9 cm³/mol. The van der Waals surface area contributed by atoms with Crippen molar-refractivity contribution in [2.24, 2.45) is 5.92 Å². The molecule has 1 heterocycles. The van der Waals surface area contributed by atoms with Crippen LogP contribution in [0.3, 0.4) is 0 Å². The molecule has 0 bridgehead atoms. The summed E-state index contributed by atoms with van der Waals surface area (Å²) in [6, 6.07) is 0. The highest BCUT2D eigenvalue weighted by atomic mass is 16.7. The Kier molecular flexibility index (Phi) is 2.52. The second kappa shape index (κ2) is 3.54. The summed E-state index contributed by atoms with van der Waals surface area (Å²) in [5, 5.41) is 0. The van der Waals surface area contributed by atoms with Crippen molar-refractivity contribution in [3.63, 3.8) is 0 Å². The van der Waals surface area contributed by atoms with Crippen molar-refractivity contribution in [1.29, 1.82) is 0 Å². The van der Waals surface area contributed by atoms with Crippen molar-refractivity contribution < 1.29 is 14.3 Å². The Morgan fingerprint density at radius 2 is 2.36 bits per heavy atom. The minimum atomic E-state index is -0.266. The summed E-state index contributed by atoms with van der Waals surface area (Å²) in [6.45, 7) is 4.46. The minimum Gasteiger partial charge on any atom is -0.464 e. The van der Waals surface area contributed by atoms with E-state index in [1.165, 1.54) is 19.3 Å². The van der Waals surface area contributed by atoms with Crippen LogP contribution in [-0.4, -0.2) is 24.3 Å². The van der Waals surface area contributed by atoms with Gasteiger partial charge in [0.1, 0.15) is 5.60 Å². The molecule has 1 saturated carbocycles. The van der Waals surface area contributed by atoms with Gasteiger partial charge in [-0.15, -0.1) is 0 Å². The van der Waals surface area contributed by atoms with Crippen LogP contribution < -0.4 is 0 Å². The van der Waals surface area contributed by atoms with Crippen LogP contribution in [0, 0.1) is 5.92 Å². The first-order valence-corrected chi connectivity index (χ1v) is 5.55. The van der Waals surface area contributed by atoms with Gasteiger partial charge in [0.15, 0.2) is 6.10 Å². The van der Waals surface area contributed by atoms with E-state index in [4.69, 9.17) is 9.47 Å². The molecule has 0 unspecified atom stereocenters. The zero-order chi connectivity index (χ0) is 10.2. The lowest BCUT2D eigenvalue weighted by atomic mass is 9.78. The molecule has 0 radical (unpaired) electrons. The molecular formula is C11H18O3. The first-order chi connectivity index (χ1) is 6.70. The van der Waals surface area contributed by atoms with Gasteiger partial charge in [-0.1, -0.05) is 19.8 Å². The van der Waals surface area contributed by atoms with E-state index in [0.29, 0.717) is 12.5 Å². The van der Waals surface area contributed by atoms with E-state index in [1.807, 2.05) is 6.92 Å². The molecule has 2 aliphatic rings. The Morgan fingerprint density at radius 3 is 3.00 bits per heavy atom. The van der Waals surface area contributed by atoms with Crippen molar-refractivity contribution in [2.75, 3.05) is 6.61 Å². The second-order valence-corrected chi connectivity index (χ2v) is 4.35. The fourth-order valence-corrected chi connectivity index (χ4v) is 2.56. The molecule has 0 aromatic rings. The first kappa shape index (κ1) is 9.97. The molecule has 2 rings (SSSR count). The minimum absolute atomic E-state index is 0.148. The van der Waals surface area contributed by atoms with Crippen molar-refractivity contribution in [2.45, 2.75) is 51.2 Å². The number of hydrogen-bond donors (Lipinski definition) is 0. The van der Waals surface area contributed by atoms with E-state index in [-0.39, 0.29) is 17.7 Å². The van der Waals surface area contributed by atoms with Crippen LogP contribution in [0.4, 0.5) is 0 Å². The Bertz CT molecular complexity index is 239. The van der Waals surface area contributed by atoms with Crippen LogP contribution in [0.5, 0.6) is 0 Å². The maximum Gasteiger partial charge on any atom is 0.338 e. The summed E-state index contributed by atoms with van der Waals surface area (Å²) in [5.41, 5.74) is -0.148. The van der Waals surface area contributed by atoms with E-state index in [9.17, 15) is 4.79 Å². The average molecular weight is 198 g/mol. The van der Waals surface area contributed by atoms with Gasteiger partial charge in [-0.25, -0.2) is 4.79 Å². The van der Waals surface area contributed by atoms with Gasteiger partial charge in [0.25, 0.3) is 0 Å². The fraction of sp³-hybridized carbons (Fsp3) is 0.909. The maximum atomic E-state index is 11.5. The largest absolute Gasteiger partial charge is 0.464 e. The SMILES string of the molecule is CCOC(=O)[C@H]1O[C@@]12CCCC[C@@H]2C. The van der Waals surface area contributed by atoms with Crippen LogP contribution in [0.15, 0.2) is 0 Å². The highest BCUT2D eigenvalue weighted by molar-refractivity contribution is 5.79. The van der Waals surface area contributed by atoms with E-state index in [0.717, 1.165) is 6.42 Å². The maximum absolute atomic E-state index is 11.5. The molecule has 2 fully saturated rings. The second-order valence-electron chi connectivity index (χ2n) is 4.35. The van der Waals surface area contributed by atoms with Crippen molar-refractivity contribution in [1.82, 2.24) is 0 Å². The lowest BCUT2D eigenvalue weighted by Gasteiger charge is -2.25. The van der Waals surface area contributed by atoms with Crippen LogP contribution >= 0.6 is 0 Å². The molecule has 1 saturated heterocycles.